The van der Waals surface area contributed by atoms with Gasteiger partial charge in [-0.25, -0.2) is 0 Å². The lowest BCUT2D eigenvalue weighted by Gasteiger charge is -2.18. The summed E-state index contributed by atoms with van der Waals surface area (Å²) in [6.45, 7) is 6.53. The van der Waals surface area contributed by atoms with Crippen molar-refractivity contribution in [3.63, 3.8) is 0 Å². The lowest BCUT2D eigenvalue weighted by molar-refractivity contribution is -0.167. The second-order valence-corrected chi connectivity index (χ2v) is 16.0. The average Bonchev–Trinajstić information content (AvgIpc) is 3.21. The lowest BCUT2D eigenvalue weighted by atomic mass is 10.1. The molecule has 0 aliphatic heterocycles. The monoisotopic (exact) mass is 799 g/mol. The van der Waals surface area contributed by atoms with Crippen LogP contribution in [0.2, 0.25) is 0 Å². The van der Waals surface area contributed by atoms with Crippen molar-refractivity contribution in [2.45, 2.75) is 245 Å². The molecule has 1 atom stereocenters. The molecule has 0 bridgehead atoms. The van der Waals surface area contributed by atoms with Crippen LogP contribution in [0.4, 0.5) is 0 Å². The van der Waals surface area contributed by atoms with E-state index in [1.807, 2.05) is 0 Å². The number of hydrogen-bond acceptors (Lipinski definition) is 6. The molecule has 57 heavy (non-hydrogen) atoms. The maximum absolute atomic E-state index is 12.7. The van der Waals surface area contributed by atoms with Crippen LogP contribution in [0.1, 0.15) is 239 Å². The Hall–Kier alpha value is -2.63. The Morgan fingerprint density at radius 3 is 1.05 bits per heavy atom. The number of carbonyl (C=O) groups is 3. The van der Waals surface area contributed by atoms with Crippen molar-refractivity contribution < 1.29 is 28.6 Å². The summed E-state index contributed by atoms with van der Waals surface area (Å²) in [6.07, 6.45) is 53.7. The number of ether oxygens (including phenoxy) is 3. The molecule has 0 amide bonds. The smallest absolute Gasteiger partial charge is 0.306 e. The van der Waals surface area contributed by atoms with Gasteiger partial charge in [0.2, 0.25) is 0 Å². The minimum atomic E-state index is -0.781. The van der Waals surface area contributed by atoms with Gasteiger partial charge in [-0.2, -0.15) is 0 Å². The predicted octanol–water partition coefficient (Wildman–Crippen LogP) is 15.5. The molecule has 0 fully saturated rings. The Labute approximate surface area is 352 Å². The first kappa shape index (κ1) is 54.4. The minimum absolute atomic E-state index is 0.0820. The molecule has 0 aromatic heterocycles. The number of rotatable bonds is 43. The average molecular weight is 799 g/mol. The van der Waals surface area contributed by atoms with Crippen molar-refractivity contribution in [2.75, 3.05) is 13.2 Å². The highest BCUT2D eigenvalue weighted by Gasteiger charge is 2.19. The van der Waals surface area contributed by atoms with Crippen LogP contribution in [0.25, 0.3) is 0 Å². The number of carbonyl (C=O) groups excluding carboxylic acids is 3. The van der Waals surface area contributed by atoms with Gasteiger partial charge in [0, 0.05) is 19.3 Å². The fourth-order valence-corrected chi connectivity index (χ4v) is 6.61. The van der Waals surface area contributed by atoms with Crippen molar-refractivity contribution in [2.24, 2.45) is 0 Å². The third kappa shape index (κ3) is 44.3. The normalized spacial score (nSPS) is 12.4. The van der Waals surface area contributed by atoms with Gasteiger partial charge in [-0.3, -0.25) is 14.4 Å². The molecule has 0 aliphatic carbocycles. The fraction of sp³-hybridized carbons (Fsp3) is 0.784. The van der Waals surface area contributed by atoms with E-state index in [0.29, 0.717) is 19.3 Å². The van der Waals surface area contributed by atoms with Gasteiger partial charge >= 0.3 is 17.9 Å². The highest BCUT2D eigenvalue weighted by Crippen LogP contribution is 2.14. The second-order valence-electron chi connectivity index (χ2n) is 16.0. The minimum Gasteiger partial charge on any atom is -0.462 e. The molecule has 0 aromatic rings. The van der Waals surface area contributed by atoms with Crippen LogP contribution in [-0.4, -0.2) is 37.2 Å². The van der Waals surface area contributed by atoms with Crippen molar-refractivity contribution >= 4 is 17.9 Å². The van der Waals surface area contributed by atoms with Crippen molar-refractivity contribution in [3.8, 4) is 0 Å². The van der Waals surface area contributed by atoms with Crippen LogP contribution in [0.15, 0.2) is 48.6 Å². The summed E-state index contributed by atoms with van der Waals surface area (Å²) in [4.78, 5) is 37.8. The molecule has 0 spiro atoms. The van der Waals surface area contributed by atoms with Gasteiger partial charge in [0.15, 0.2) is 6.10 Å². The zero-order valence-electron chi connectivity index (χ0n) is 37.6. The summed E-state index contributed by atoms with van der Waals surface area (Å²) in [5, 5.41) is 0. The molecule has 0 radical (unpaired) electrons. The number of allylic oxidation sites excluding steroid dienone is 8. The van der Waals surface area contributed by atoms with Gasteiger partial charge in [-0.1, -0.05) is 191 Å². The SMILES string of the molecule is CCCC/C=C\C/C=C\CCCCCCCC(=O)O[C@@H](COC(=O)CCCCCCC/C=C\C/C=C\CCCCC)COC(=O)CCCCCCCCCCCC. The summed E-state index contributed by atoms with van der Waals surface area (Å²) in [5.41, 5.74) is 0. The molecule has 0 aromatic carbocycles. The summed E-state index contributed by atoms with van der Waals surface area (Å²) < 4.78 is 16.7. The molecule has 0 rings (SSSR count). The van der Waals surface area contributed by atoms with E-state index in [2.05, 4.69) is 69.4 Å². The van der Waals surface area contributed by atoms with Gasteiger partial charge in [0.25, 0.3) is 0 Å². The standard InChI is InChI=1S/C51H90O6/c1-4-7-10-13-16-19-22-24-26-28-29-32-35-38-41-44-50(53)56-47-48(46-55-49(52)43-40-37-34-31-21-18-15-12-9-6-3)57-51(54)45-42-39-36-33-30-27-25-23-20-17-14-11-8-5-2/h14,16-17,19,23-26,48H,4-13,15,18,20-22,27-47H2,1-3H3/b17-14-,19-16-,25-23-,26-24-/t48-/m1/s1. The summed E-state index contributed by atoms with van der Waals surface area (Å²) in [7, 11) is 0. The zero-order chi connectivity index (χ0) is 41.5. The first-order valence-corrected chi connectivity index (χ1v) is 24.1. The Bertz CT molecular complexity index is 1010. The fourth-order valence-electron chi connectivity index (χ4n) is 6.61. The molecule has 330 valence electrons. The molecule has 0 saturated carbocycles. The van der Waals surface area contributed by atoms with Gasteiger partial charge in [0.1, 0.15) is 13.2 Å². The molecule has 0 N–H and O–H groups in total. The Morgan fingerprint density at radius 1 is 0.351 bits per heavy atom. The van der Waals surface area contributed by atoms with E-state index in [9.17, 15) is 14.4 Å². The number of hydrogen-bond donors (Lipinski definition) is 0. The van der Waals surface area contributed by atoms with Gasteiger partial charge in [0.05, 0.1) is 0 Å². The highest BCUT2D eigenvalue weighted by molar-refractivity contribution is 5.71. The second kappa shape index (κ2) is 46.1. The van der Waals surface area contributed by atoms with E-state index < -0.39 is 6.10 Å². The highest BCUT2D eigenvalue weighted by atomic mass is 16.6. The summed E-state index contributed by atoms with van der Waals surface area (Å²) in [6, 6.07) is 0. The van der Waals surface area contributed by atoms with Crippen LogP contribution in [0.3, 0.4) is 0 Å². The van der Waals surface area contributed by atoms with Crippen molar-refractivity contribution in [1.82, 2.24) is 0 Å². The van der Waals surface area contributed by atoms with Crippen LogP contribution < -0.4 is 0 Å². The largest absolute Gasteiger partial charge is 0.462 e. The summed E-state index contributed by atoms with van der Waals surface area (Å²) in [5.74, 6) is -0.910. The van der Waals surface area contributed by atoms with Crippen molar-refractivity contribution in [1.29, 1.82) is 0 Å². The van der Waals surface area contributed by atoms with E-state index in [0.717, 1.165) is 103 Å². The van der Waals surface area contributed by atoms with Gasteiger partial charge in [-0.05, 0) is 77.0 Å². The number of esters is 3. The molecule has 6 heteroatoms. The third-order valence-electron chi connectivity index (χ3n) is 10.3. The maximum Gasteiger partial charge on any atom is 0.306 e. The van der Waals surface area contributed by atoms with E-state index >= 15 is 0 Å². The molecule has 0 unspecified atom stereocenters. The van der Waals surface area contributed by atoms with E-state index in [1.165, 1.54) is 96.3 Å². The Morgan fingerprint density at radius 2 is 0.649 bits per heavy atom. The van der Waals surface area contributed by atoms with Crippen LogP contribution in [0.5, 0.6) is 0 Å². The topological polar surface area (TPSA) is 78.9 Å². The van der Waals surface area contributed by atoms with E-state index in [4.69, 9.17) is 14.2 Å². The molecule has 0 saturated heterocycles. The molecule has 0 heterocycles. The van der Waals surface area contributed by atoms with Crippen LogP contribution in [-0.2, 0) is 28.6 Å². The van der Waals surface area contributed by atoms with Crippen LogP contribution in [0, 0.1) is 0 Å². The van der Waals surface area contributed by atoms with Gasteiger partial charge < -0.3 is 14.2 Å². The molecule has 0 aliphatic rings. The van der Waals surface area contributed by atoms with E-state index in [-0.39, 0.29) is 31.1 Å². The summed E-state index contributed by atoms with van der Waals surface area (Å²) >= 11 is 0. The van der Waals surface area contributed by atoms with E-state index in [1.54, 1.807) is 0 Å². The Balaban J connectivity index is 4.40. The number of unbranched alkanes of at least 4 members (excludes halogenated alkanes) is 24. The molecular formula is C51H90O6. The lowest BCUT2D eigenvalue weighted by Crippen LogP contribution is -2.30. The van der Waals surface area contributed by atoms with Crippen LogP contribution >= 0.6 is 0 Å². The quantitative estimate of drug-likeness (QED) is 0.0265. The van der Waals surface area contributed by atoms with Crippen molar-refractivity contribution in [3.05, 3.63) is 48.6 Å². The zero-order valence-corrected chi connectivity index (χ0v) is 37.6. The first-order valence-electron chi connectivity index (χ1n) is 24.1. The third-order valence-corrected chi connectivity index (χ3v) is 10.3. The first-order chi connectivity index (χ1) is 28.0. The molecule has 6 nitrogen and oxygen atoms in total. The maximum atomic E-state index is 12.7. The predicted molar refractivity (Wildman–Crippen MR) is 242 cm³/mol. The Kier molecular flexibility index (Phi) is 43.9. The van der Waals surface area contributed by atoms with Gasteiger partial charge in [-0.15, -0.1) is 0 Å². The molecular weight excluding hydrogens is 709 g/mol.